The molecule has 29 heavy (non-hydrogen) atoms. The number of amides is 1. The Balaban J connectivity index is 1.37. The number of anilines is 1. The van der Waals surface area contributed by atoms with Crippen LogP contribution in [0.1, 0.15) is 36.3 Å². The van der Waals surface area contributed by atoms with E-state index < -0.39 is 0 Å². The molecule has 7 nitrogen and oxygen atoms in total. The molecule has 0 saturated carbocycles. The highest BCUT2D eigenvalue weighted by Gasteiger charge is 2.28. The van der Waals surface area contributed by atoms with Gasteiger partial charge in [-0.2, -0.15) is 4.98 Å². The summed E-state index contributed by atoms with van der Waals surface area (Å²) in [5.74, 6) is 1.57. The van der Waals surface area contributed by atoms with Crippen LogP contribution < -0.4 is 10.2 Å². The van der Waals surface area contributed by atoms with Gasteiger partial charge in [0.1, 0.15) is 17.0 Å². The molecule has 1 aliphatic rings. The molecule has 4 rings (SSSR count). The minimum absolute atomic E-state index is 0.0361. The normalized spacial score (nSPS) is 16.9. The molecule has 1 atom stereocenters. The zero-order chi connectivity index (χ0) is 20.2. The SMILES string of the molecule is Cc1nc(N2CCC[C@H](C(=O)NCCCc3ccccc3)C2)c2c(C)noc2n1. The van der Waals surface area contributed by atoms with Gasteiger partial charge < -0.3 is 14.7 Å². The zero-order valence-electron chi connectivity index (χ0n) is 17.0. The van der Waals surface area contributed by atoms with Crippen molar-refractivity contribution in [3.8, 4) is 0 Å². The van der Waals surface area contributed by atoms with Crippen LogP contribution in [0.3, 0.4) is 0 Å². The summed E-state index contributed by atoms with van der Waals surface area (Å²) < 4.78 is 5.33. The van der Waals surface area contributed by atoms with Crippen molar-refractivity contribution < 1.29 is 9.32 Å². The maximum atomic E-state index is 12.7. The molecule has 2 aromatic heterocycles. The molecule has 1 fully saturated rings. The van der Waals surface area contributed by atoms with E-state index in [0.29, 0.717) is 24.6 Å². The van der Waals surface area contributed by atoms with Gasteiger partial charge in [0.15, 0.2) is 0 Å². The average Bonchev–Trinajstić information content (AvgIpc) is 3.11. The Morgan fingerprint density at radius 2 is 2.07 bits per heavy atom. The van der Waals surface area contributed by atoms with Gasteiger partial charge in [-0.25, -0.2) is 4.98 Å². The Morgan fingerprint density at radius 3 is 2.90 bits per heavy atom. The number of aromatic nitrogens is 3. The quantitative estimate of drug-likeness (QED) is 0.648. The van der Waals surface area contributed by atoms with Crippen LogP contribution >= 0.6 is 0 Å². The highest BCUT2D eigenvalue weighted by atomic mass is 16.5. The fourth-order valence-corrected chi connectivity index (χ4v) is 3.98. The van der Waals surface area contributed by atoms with Crippen LogP contribution in [-0.4, -0.2) is 40.7 Å². The molecule has 1 amide bonds. The number of piperidine rings is 1. The summed E-state index contributed by atoms with van der Waals surface area (Å²) in [7, 11) is 0. The Labute approximate surface area is 170 Å². The number of carbonyl (C=O) groups excluding carboxylic acids is 1. The number of carbonyl (C=O) groups is 1. The first-order valence-corrected chi connectivity index (χ1v) is 10.3. The molecular weight excluding hydrogens is 366 g/mol. The van der Waals surface area contributed by atoms with Crippen molar-refractivity contribution in [3.63, 3.8) is 0 Å². The van der Waals surface area contributed by atoms with Gasteiger partial charge in [-0.05, 0) is 45.1 Å². The van der Waals surface area contributed by atoms with Gasteiger partial charge >= 0.3 is 0 Å². The summed E-state index contributed by atoms with van der Waals surface area (Å²) in [4.78, 5) is 23.9. The van der Waals surface area contributed by atoms with Gasteiger partial charge in [-0.3, -0.25) is 4.79 Å². The molecule has 3 heterocycles. The molecule has 1 aromatic carbocycles. The first-order chi connectivity index (χ1) is 14.1. The molecule has 0 radical (unpaired) electrons. The number of rotatable bonds is 6. The van der Waals surface area contributed by atoms with Crippen molar-refractivity contribution >= 4 is 22.8 Å². The molecular formula is C22H27N5O2. The van der Waals surface area contributed by atoms with Crippen LogP contribution in [0.2, 0.25) is 0 Å². The van der Waals surface area contributed by atoms with E-state index in [1.807, 2.05) is 32.0 Å². The summed E-state index contributed by atoms with van der Waals surface area (Å²) in [6.45, 7) is 5.97. The van der Waals surface area contributed by atoms with Crippen molar-refractivity contribution in [3.05, 3.63) is 47.4 Å². The lowest BCUT2D eigenvalue weighted by Crippen LogP contribution is -2.43. The largest absolute Gasteiger partial charge is 0.356 e. The second kappa shape index (κ2) is 8.59. The van der Waals surface area contributed by atoms with Crippen LogP contribution in [0.4, 0.5) is 5.82 Å². The van der Waals surface area contributed by atoms with Crippen molar-refractivity contribution in [1.29, 1.82) is 0 Å². The van der Waals surface area contributed by atoms with Crippen LogP contribution in [0.15, 0.2) is 34.9 Å². The number of nitrogens with zero attached hydrogens (tertiary/aromatic N) is 4. The fraction of sp³-hybridized carbons (Fsp3) is 0.455. The second-order valence-corrected chi connectivity index (χ2v) is 7.71. The predicted octanol–water partition coefficient (Wildman–Crippen LogP) is 3.20. The van der Waals surface area contributed by atoms with Crippen molar-refractivity contribution in [2.45, 2.75) is 39.5 Å². The number of hydrogen-bond acceptors (Lipinski definition) is 6. The molecule has 3 aromatic rings. The lowest BCUT2D eigenvalue weighted by atomic mass is 9.96. The van der Waals surface area contributed by atoms with Gasteiger partial charge in [0.05, 0.1) is 11.6 Å². The van der Waals surface area contributed by atoms with E-state index in [0.717, 1.165) is 49.1 Å². The molecule has 0 aliphatic carbocycles. The minimum Gasteiger partial charge on any atom is -0.356 e. The first-order valence-electron chi connectivity index (χ1n) is 10.3. The Bertz CT molecular complexity index is 986. The summed E-state index contributed by atoms with van der Waals surface area (Å²) in [5, 5.41) is 8.01. The van der Waals surface area contributed by atoms with Gasteiger partial charge in [0, 0.05) is 19.6 Å². The van der Waals surface area contributed by atoms with E-state index >= 15 is 0 Å². The first kappa shape index (κ1) is 19.4. The smallest absolute Gasteiger partial charge is 0.263 e. The minimum atomic E-state index is -0.0361. The predicted molar refractivity (Wildman–Crippen MR) is 112 cm³/mol. The van der Waals surface area contributed by atoms with E-state index in [-0.39, 0.29) is 11.8 Å². The highest BCUT2D eigenvalue weighted by molar-refractivity contribution is 5.88. The number of fused-ring (bicyclic) bond motifs is 1. The van der Waals surface area contributed by atoms with Gasteiger partial charge in [0.2, 0.25) is 5.91 Å². The van der Waals surface area contributed by atoms with Crippen LogP contribution in [0.25, 0.3) is 11.1 Å². The van der Waals surface area contributed by atoms with E-state index in [2.05, 4.69) is 37.5 Å². The highest BCUT2D eigenvalue weighted by Crippen LogP contribution is 2.30. The monoisotopic (exact) mass is 393 g/mol. The molecule has 1 N–H and O–H groups in total. The lowest BCUT2D eigenvalue weighted by molar-refractivity contribution is -0.125. The Kier molecular flexibility index (Phi) is 5.74. The van der Waals surface area contributed by atoms with Crippen LogP contribution in [0, 0.1) is 19.8 Å². The van der Waals surface area contributed by atoms with E-state index in [1.165, 1.54) is 5.56 Å². The Hall–Kier alpha value is -2.96. The third-order valence-corrected chi connectivity index (χ3v) is 5.48. The fourth-order valence-electron chi connectivity index (χ4n) is 3.98. The van der Waals surface area contributed by atoms with E-state index in [1.54, 1.807) is 0 Å². The van der Waals surface area contributed by atoms with Crippen LogP contribution in [0.5, 0.6) is 0 Å². The molecule has 1 aliphatic heterocycles. The zero-order valence-corrected chi connectivity index (χ0v) is 17.0. The maximum Gasteiger partial charge on any atom is 0.263 e. The number of nitrogens with one attached hydrogen (secondary N) is 1. The molecule has 0 unspecified atom stereocenters. The standard InChI is InChI=1S/C22H27N5O2/c1-15-19-20(24-16(2)25-22(19)29-26-15)27-13-7-11-18(14-27)21(28)23-12-6-10-17-8-4-3-5-9-17/h3-5,8-9,18H,6-7,10-14H2,1-2H3,(H,23,28)/t18-/m0/s1. The number of hydrogen-bond donors (Lipinski definition) is 1. The van der Waals surface area contributed by atoms with Gasteiger partial charge in [-0.15, -0.1) is 0 Å². The summed E-state index contributed by atoms with van der Waals surface area (Å²) in [6, 6.07) is 10.4. The average molecular weight is 393 g/mol. The molecule has 152 valence electrons. The van der Waals surface area contributed by atoms with Crippen molar-refractivity contribution in [2.75, 3.05) is 24.5 Å². The lowest BCUT2D eigenvalue weighted by Gasteiger charge is -2.33. The number of aryl methyl sites for hydroxylation is 3. The van der Waals surface area contributed by atoms with Gasteiger partial charge in [0.25, 0.3) is 5.71 Å². The van der Waals surface area contributed by atoms with E-state index in [9.17, 15) is 4.79 Å². The van der Waals surface area contributed by atoms with Crippen molar-refractivity contribution in [1.82, 2.24) is 20.4 Å². The molecule has 0 spiro atoms. The summed E-state index contributed by atoms with van der Waals surface area (Å²) in [6.07, 6.45) is 3.77. The molecule has 0 bridgehead atoms. The number of benzene rings is 1. The summed E-state index contributed by atoms with van der Waals surface area (Å²) in [5.41, 5.74) is 2.60. The molecule has 7 heteroatoms. The topological polar surface area (TPSA) is 84.2 Å². The molecule has 1 saturated heterocycles. The summed E-state index contributed by atoms with van der Waals surface area (Å²) >= 11 is 0. The third kappa shape index (κ3) is 4.39. The van der Waals surface area contributed by atoms with Gasteiger partial charge in [-0.1, -0.05) is 35.5 Å². The van der Waals surface area contributed by atoms with Crippen molar-refractivity contribution in [2.24, 2.45) is 5.92 Å². The maximum absolute atomic E-state index is 12.7. The second-order valence-electron chi connectivity index (χ2n) is 7.71. The third-order valence-electron chi connectivity index (χ3n) is 5.48. The van der Waals surface area contributed by atoms with E-state index in [4.69, 9.17) is 4.52 Å². The Morgan fingerprint density at radius 1 is 1.24 bits per heavy atom. The van der Waals surface area contributed by atoms with Crippen LogP contribution in [-0.2, 0) is 11.2 Å².